The van der Waals surface area contributed by atoms with E-state index in [2.05, 4.69) is 0 Å². The van der Waals surface area contributed by atoms with E-state index in [9.17, 15) is 19.2 Å². The summed E-state index contributed by atoms with van der Waals surface area (Å²) in [6.07, 6.45) is 0. The molecule has 0 bridgehead atoms. The molecule has 0 aromatic heterocycles. The second-order valence-electron chi connectivity index (χ2n) is 4.92. The van der Waals surface area contributed by atoms with Crippen molar-refractivity contribution in [1.82, 2.24) is 4.90 Å². The summed E-state index contributed by atoms with van der Waals surface area (Å²) in [5.41, 5.74) is 1.000. The summed E-state index contributed by atoms with van der Waals surface area (Å²) in [5, 5.41) is 8.57. The van der Waals surface area contributed by atoms with E-state index in [1.54, 1.807) is 31.2 Å². The summed E-state index contributed by atoms with van der Waals surface area (Å²) in [6.45, 7) is 1.39. The Balaban J connectivity index is 2.16. The van der Waals surface area contributed by atoms with Crippen LogP contribution in [0, 0.1) is 0 Å². The molecule has 0 saturated carbocycles. The van der Waals surface area contributed by atoms with E-state index in [-0.39, 0.29) is 17.0 Å². The molecule has 23 heavy (non-hydrogen) atoms. The van der Waals surface area contributed by atoms with Gasteiger partial charge in [0, 0.05) is 12.1 Å². The van der Waals surface area contributed by atoms with Crippen molar-refractivity contribution in [1.29, 1.82) is 0 Å². The van der Waals surface area contributed by atoms with Gasteiger partial charge in [-0.1, -0.05) is 18.2 Å². The zero-order valence-corrected chi connectivity index (χ0v) is 12.9. The first-order valence-corrected chi connectivity index (χ1v) is 7.68. The van der Waals surface area contributed by atoms with Crippen molar-refractivity contribution >= 4 is 46.0 Å². The molecule has 1 saturated heterocycles. The van der Waals surface area contributed by atoms with Crippen LogP contribution in [0.2, 0.25) is 0 Å². The van der Waals surface area contributed by atoms with E-state index >= 15 is 0 Å². The van der Waals surface area contributed by atoms with Gasteiger partial charge in [0.15, 0.2) is 0 Å². The van der Waals surface area contributed by atoms with E-state index in [0.717, 1.165) is 9.80 Å². The molecule has 2 aliphatic rings. The number of carboxylic acids is 1. The number of likely N-dealkylation sites (N-methyl/N-ethyl adjacent to an activating group) is 1. The summed E-state index contributed by atoms with van der Waals surface area (Å²) in [7, 11) is 0. The number of imide groups is 1. The normalized spacial score (nSPS) is 20.5. The molecule has 0 radical (unpaired) electrons. The van der Waals surface area contributed by atoms with Crippen molar-refractivity contribution in [3.8, 4) is 0 Å². The lowest BCUT2D eigenvalue weighted by molar-refractivity contribution is -0.136. The van der Waals surface area contributed by atoms with Crippen LogP contribution >= 0.6 is 11.8 Å². The Morgan fingerprint density at radius 3 is 2.43 bits per heavy atom. The number of anilines is 1. The molecule has 118 valence electrons. The summed E-state index contributed by atoms with van der Waals surface area (Å²) in [4.78, 5) is 50.1. The fourth-order valence-corrected chi connectivity index (χ4v) is 3.61. The van der Waals surface area contributed by atoms with Crippen LogP contribution in [0.1, 0.15) is 12.5 Å². The number of hydrogen-bond donors (Lipinski definition) is 1. The molecule has 7 nitrogen and oxygen atoms in total. The van der Waals surface area contributed by atoms with Crippen LogP contribution in [0.4, 0.5) is 10.5 Å². The summed E-state index contributed by atoms with van der Waals surface area (Å²) in [5.74, 6) is -2.25. The smallest absolute Gasteiger partial charge is 0.323 e. The first-order chi connectivity index (χ1) is 11.0. The summed E-state index contributed by atoms with van der Waals surface area (Å²) < 4.78 is 0. The van der Waals surface area contributed by atoms with Crippen molar-refractivity contribution in [3.63, 3.8) is 0 Å². The highest BCUT2D eigenvalue weighted by molar-refractivity contribution is 8.18. The monoisotopic (exact) mass is 332 g/mol. The highest BCUT2D eigenvalue weighted by atomic mass is 32.2. The largest absolute Gasteiger partial charge is 0.480 e. The van der Waals surface area contributed by atoms with Crippen LogP contribution in [0.15, 0.2) is 29.2 Å². The molecule has 1 N–H and O–H groups in total. The van der Waals surface area contributed by atoms with Crippen molar-refractivity contribution < 1.29 is 24.3 Å². The maximum atomic E-state index is 12.6. The van der Waals surface area contributed by atoms with Crippen LogP contribution in [0.25, 0.3) is 5.57 Å². The SMILES string of the molecule is CCN1C(=O)SC(=C2C(=O)N(CC(=O)O)c3ccccc32)C1=O. The summed E-state index contributed by atoms with van der Waals surface area (Å²) in [6, 6.07) is 6.64. The van der Waals surface area contributed by atoms with E-state index in [1.807, 2.05) is 0 Å². The molecular formula is C15H12N2O5S. The average molecular weight is 332 g/mol. The van der Waals surface area contributed by atoms with Gasteiger partial charge in [0.05, 0.1) is 16.2 Å². The molecule has 3 amide bonds. The molecule has 0 atom stereocenters. The minimum Gasteiger partial charge on any atom is -0.480 e. The highest BCUT2D eigenvalue weighted by Crippen LogP contribution is 2.44. The van der Waals surface area contributed by atoms with Crippen LogP contribution in [0.5, 0.6) is 0 Å². The van der Waals surface area contributed by atoms with Gasteiger partial charge in [0.2, 0.25) is 0 Å². The lowest BCUT2D eigenvalue weighted by Gasteiger charge is -2.13. The number of carboxylic acid groups (broad SMARTS) is 1. The molecule has 1 aromatic carbocycles. The number of nitrogens with zero attached hydrogens (tertiary/aromatic N) is 2. The van der Waals surface area contributed by atoms with E-state index in [4.69, 9.17) is 5.11 Å². The first kappa shape index (κ1) is 15.3. The predicted molar refractivity (Wildman–Crippen MR) is 83.7 cm³/mol. The van der Waals surface area contributed by atoms with Crippen LogP contribution < -0.4 is 4.90 Å². The number of rotatable bonds is 3. The maximum absolute atomic E-state index is 12.6. The van der Waals surface area contributed by atoms with Gasteiger partial charge in [0.1, 0.15) is 6.54 Å². The minimum atomic E-state index is -1.16. The van der Waals surface area contributed by atoms with Gasteiger partial charge in [-0.15, -0.1) is 0 Å². The van der Waals surface area contributed by atoms with Gasteiger partial charge in [-0.3, -0.25) is 29.0 Å². The summed E-state index contributed by atoms with van der Waals surface area (Å²) >= 11 is 0.714. The Labute approximate surface area is 135 Å². The number of fused-ring (bicyclic) bond motifs is 1. The van der Waals surface area contributed by atoms with Crippen LogP contribution in [0.3, 0.4) is 0 Å². The van der Waals surface area contributed by atoms with Crippen molar-refractivity contribution in [2.45, 2.75) is 6.92 Å². The van der Waals surface area contributed by atoms with E-state index in [0.29, 0.717) is 23.0 Å². The Bertz CT molecular complexity index is 786. The first-order valence-electron chi connectivity index (χ1n) is 6.86. The lowest BCUT2D eigenvalue weighted by Crippen LogP contribution is -2.32. The Hall–Kier alpha value is -2.61. The van der Waals surface area contributed by atoms with Crippen LogP contribution in [-0.4, -0.2) is 46.1 Å². The zero-order valence-electron chi connectivity index (χ0n) is 12.1. The Morgan fingerprint density at radius 2 is 1.83 bits per heavy atom. The third-order valence-corrected chi connectivity index (χ3v) is 4.59. The number of amides is 3. The molecule has 0 spiro atoms. The Kier molecular flexibility index (Phi) is 3.69. The zero-order chi connectivity index (χ0) is 16.7. The number of para-hydroxylation sites is 1. The van der Waals surface area contributed by atoms with E-state index in [1.165, 1.54) is 0 Å². The number of aliphatic carboxylic acids is 1. The number of carbonyl (C=O) groups excluding carboxylic acids is 3. The van der Waals surface area contributed by atoms with Gasteiger partial charge < -0.3 is 5.11 Å². The molecule has 0 aliphatic carbocycles. The molecule has 1 aromatic rings. The lowest BCUT2D eigenvalue weighted by atomic mass is 10.1. The van der Waals surface area contributed by atoms with Gasteiger partial charge in [-0.2, -0.15) is 0 Å². The van der Waals surface area contributed by atoms with Gasteiger partial charge in [-0.25, -0.2) is 0 Å². The average Bonchev–Trinajstić information content (AvgIpc) is 2.93. The fraction of sp³-hybridized carbons (Fsp3) is 0.200. The van der Waals surface area contributed by atoms with Crippen molar-refractivity contribution in [2.24, 2.45) is 0 Å². The minimum absolute atomic E-state index is 0.0576. The van der Waals surface area contributed by atoms with Crippen molar-refractivity contribution in [3.05, 3.63) is 34.7 Å². The number of carbonyl (C=O) groups is 4. The molecule has 2 aliphatic heterocycles. The fourth-order valence-electron chi connectivity index (χ4n) is 2.61. The van der Waals surface area contributed by atoms with E-state index < -0.39 is 29.6 Å². The predicted octanol–water partition coefficient (Wildman–Crippen LogP) is 1.54. The maximum Gasteiger partial charge on any atom is 0.323 e. The Morgan fingerprint density at radius 1 is 1.13 bits per heavy atom. The molecule has 8 heteroatoms. The van der Waals surface area contributed by atoms with Crippen LogP contribution in [-0.2, 0) is 14.4 Å². The van der Waals surface area contributed by atoms with Crippen molar-refractivity contribution in [2.75, 3.05) is 18.0 Å². The number of hydrogen-bond acceptors (Lipinski definition) is 5. The molecule has 1 fully saturated rings. The van der Waals surface area contributed by atoms with Gasteiger partial charge in [0.25, 0.3) is 17.1 Å². The second-order valence-corrected chi connectivity index (χ2v) is 5.89. The van der Waals surface area contributed by atoms with Gasteiger partial charge in [-0.05, 0) is 24.8 Å². The van der Waals surface area contributed by atoms with Gasteiger partial charge >= 0.3 is 5.97 Å². The number of thioether (sulfide) groups is 1. The standard InChI is InChI=1S/C15H12N2O5S/c1-2-16-14(21)12(23-15(16)22)11-8-5-3-4-6-9(8)17(13(11)20)7-10(18)19/h3-6H,2,7H2,1H3,(H,18,19). The quantitative estimate of drug-likeness (QED) is 0.844. The molecule has 2 heterocycles. The second kappa shape index (κ2) is 5.54. The molecule has 3 rings (SSSR count). The third-order valence-electron chi connectivity index (χ3n) is 3.61. The molecule has 0 unspecified atom stereocenters. The topological polar surface area (TPSA) is 95.0 Å². The number of benzene rings is 1. The highest BCUT2D eigenvalue weighted by Gasteiger charge is 2.43. The third kappa shape index (κ3) is 2.31. The molecular weight excluding hydrogens is 320 g/mol.